The molecule has 214 valence electrons. The molecule has 2 aliphatic carbocycles. The van der Waals surface area contributed by atoms with Crippen LogP contribution in [0.1, 0.15) is 50.5 Å². The van der Waals surface area contributed by atoms with Gasteiger partial charge in [-0.1, -0.05) is 55.1 Å². The summed E-state index contributed by atoms with van der Waals surface area (Å²) in [5.41, 5.74) is 0.668. The number of benzene rings is 3. The van der Waals surface area contributed by atoms with Crippen LogP contribution >= 0.6 is 11.6 Å². The zero-order chi connectivity index (χ0) is 28.6. The zero-order valence-electron chi connectivity index (χ0n) is 22.8. The molecule has 7 nitrogen and oxygen atoms in total. The number of para-hydroxylation sites is 2. The van der Waals surface area contributed by atoms with Gasteiger partial charge in [0, 0.05) is 23.9 Å². The molecule has 9 heteroatoms. The van der Waals surface area contributed by atoms with Crippen molar-refractivity contribution in [1.82, 2.24) is 0 Å². The molecule has 1 atom stereocenters. The van der Waals surface area contributed by atoms with Gasteiger partial charge in [0.2, 0.25) is 11.5 Å². The second-order valence-corrected chi connectivity index (χ2v) is 11.6. The lowest BCUT2D eigenvalue weighted by molar-refractivity contribution is -0.151. The molecule has 0 aromatic heterocycles. The van der Waals surface area contributed by atoms with Crippen LogP contribution in [0.2, 0.25) is 5.02 Å². The van der Waals surface area contributed by atoms with Crippen molar-refractivity contribution in [3.05, 3.63) is 83.1 Å². The summed E-state index contributed by atoms with van der Waals surface area (Å²) in [5, 5.41) is 10.8. The first-order chi connectivity index (χ1) is 19.8. The van der Waals surface area contributed by atoms with E-state index >= 15 is 4.39 Å². The molecule has 3 aliphatic rings. The first kappa shape index (κ1) is 27.4. The summed E-state index contributed by atoms with van der Waals surface area (Å²) in [4.78, 5) is 26.4. The summed E-state index contributed by atoms with van der Waals surface area (Å²) < 4.78 is 26.0. The van der Waals surface area contributed by atoms with Crippen molar-refractivity contribution in [2.75, 3.05) is 23.1 Å². The molecule has 1 aliphatic heterocycles. The molecule has 0 saturated heterocycles. The van der Waals surface area contributed by atoms with Gasteiger partial charge in [0.15, 0.2) is 0 Å². The van der Waals surface area contributed by atoms with E-state index in [1.165, 1.54) is 19.2 Å². The van der Waals surface area contributed by atoms with Crippen LogP contribution < -0.4 is 20.7 Å². The molecule has 3 aromatic carbocycles. The molecular weight excluding hydrogens is 545 g/mol. The highest BCUT2D eigenvalue weighted by molar-refractivity contribution is 6.30. The van der Waals surface area contributed by atoms with E-state index < -0.39 is 29.0 Å². The molecular formula is C32H33ClFN3O4. The van der Waals surface area contributed by atoms with Crippen LogP contribution in [0.4, 0.5) is 21.5 Å². The molecule has 2 fully saturated rings. The maximum Gasteiger partial charge on any atom is 0.350 e. The van der Waals surface area contributed by atoms with E-state index in [0.717, 1.165) is 49.0 Å². The third-order valence-corrected chi connectivity index (χ3v) is 8.79. The first-order valence-electron chi connectivity index (χ1n) is 14.1. The van der Waals surface area contributed by atoms with E-state index in [9.17, 15) is 9.59 Å². The number of methoxy groups -OCH3 is 1. The fourth-order valence-electron chi connectivity index (χ4n) is 6.33. The summed E-state index contributed by atoms with van der Waals surface area (Å²) in [7, 11) is 1.30. The average molecular weight is 578 g/mol. The van der Waals surface area contributed by atoms with Crippen molar-refractivity contribution in [3.8, 4) is 5.75 Å². The summed E-state index contributed by atoms with van der Waals surface area (Å²) in [6.07, 6.45) is 5.98. The van der Waals surface area contributed by atoms with Crippen LogP contribution in [0.5, 0.6) is 5.75 Å². The van der Waals surface area contributed by atoms with Gasteiger partial charge in [0.25, 0.3) is 0 Å². The Labute approximate surface area is 243 Å². The summed E-state index contributed by atoms with van der Waals surface area (Å²) in [6.45, 7) is 0. The molecule has 0 radical (unpaired) electrons. The van der Waals surface area contributed by atoms with Crippen molar-refractivity contribution in [2.45, 2.75) is 56.2 Å². The quantitative estimate of drug-likeness (QED) is 0.248. The van der Waals surface area contributed by atoms with Crippen molar-refractivity contribution in [1.29, 1.82) is 0 Å². The molecule has 1 heterocycles. The van der Waals surface area contributed by atoms with Crippen LogP contribution in [-0.2, 0) is 20.0 Å². The Bertz CT molecular complexity index is 1430. The number of ether oxygens (including phenoxy) is 2. The van der Waals surface area contributed by atoms with Crippen LogP contribution in [-0.4, -0.2) is 24.6 Å². The van der Waals surface area contributed by atoms with Crippen LogP contribution in [0.25, 0.3) is 0 Å². The van der Waals surface area contributed by atoms with Crippen molar-refractivity contribution < 1.29 is 23.5 Å². The van der Waals surface area contributed by atoms with Crippen LogP contribution in [0.15, 0.2) is 66.7 Å². The summed E-state index contributed by atoms with van der Waals surface area (Å²) in [6, 6.07) is 19.6. The van der Waals surface area contributed by atoms with Crippen LogP contribution in [0.3, 0.4) is 0 Å². The number of rotatable bonds is 8. The third kappa shape index (κ3) is 5.21. The number of halogens is 2. The maximum atomic E-state index is 15.4. The van der Waals surface area contributed by atoms with Gasteiger partial charge in [-0.15, -0.1) is 0 Å². The van der Waals surface area contributed by atoms with Crippen molar-refractivity contribution in [3.63, 3.8) is 0 Å². The van der Waals surface area contributed by atoms with Crippen molar-refractivity contribution in [2.24, 2.45) is 11.8 Å². The Morgan fingerprint density at radius 3 is 2.22 bits per heavy atom. The van der Waals surface area contributed by atoms with Gasteiger partial charge in [-0.3, -0.25) is 4.79 Å². The fraction of sp³-hybridized carbons (Fsp3) is 0.375. The van der Waals surface area contributed by atoms with E-state index in [4.69, 9.17) is 21.1 Å². The average Bonchev–Trinajstić information content (AvgIpc) is 3.66. The van der Waals surface area contributed by atoms with Gasteiger partial charge in [-0.05, 0) is 60.7 Å². The van der Waals surface area contributed by atoms with Gasteiger partial charge in [0.05, 0.1) is 30.1 Å². The topological polar surface area (TPSA) is 88.7 Å². The standard InChI is InChI=1S/C32H33ClFN3O4/c1-40-30(39)31(17-18-31)41-23-15-16-25(24(34)19-23)35-29(38)28(20-7-3-2-4-8-20)32(21-11-13-22(33)14-12-21)36-26-9-5-6-10-27(26)37-32/h5-6,9-16,19-20,28,36-37H,2-4,7-8,17-18H2,1H3,(H,35,38). The van der Waals surface area contributed by atoms with E-state index in [1.807, 2.05) is 48.5 Å². The predicted octanol–water partition coefficient (Wildman–Crippen LogP) is 7.09. The van der Waals surface area contributed by atoms with E-state index in [0.29, 0.717) is 17.9 Å². The van der Waals surface area contributed by atoms with Crippen molar-refractivity contribution >= 4 is 40.5 Å². The Kier molecular flexibility index (Phi) is 7.28. The predicted molar refractivity (Wildman–Crippen MR) is 157 cm³/mol. The van der Waals surface area contributed by atoms with Gasteiger partial charge >= 0.3 is 5.97 Å². The van der Waals surface area contributed by atoms with E-state index in [1.54, 1.807) is 6.07 Å². The number of carbonyl (C=O) groups is 2. The second kappa shape index (κ2) is 10.9. The second-order valence-electron chi connectivity index (χ2n) is 11.2. The number of fused-ring (bicyclic) bond motifs is 1. The highest BCUT2D eigenvalue weighted by Crippen LogP contribution is 2.49. The number of anilines is 3. The highest BCUT2D eigenvalue weighted by atomic mass is 35.5. The third-order valence-electron chi connectivity index (χ3n) is 8.53. The molecule has 41 heavy (non-hydrogen) atoms. The number of amides is 1. The first-order valence-corrected chi connectivity index (χ1v) is 14.5. The molecule has 1 amide bonds. The molecule has 2 saturated carbocycles. The Balaban J connectivity index is 1.33. The molecule has 3 aromatic rings. The normalized spacial score (nSPS) is 19.2. The lowest BCUT2D eigenvalue weighted by Gasteiger charge is -2.43. The van der Waals surface area contributed by atoms with E-state index in [-0.39, 0.29) is 23.3 Å². The van der Waals surface area contributed by atoms with Crippen LogP contribution in [0, 0.1) is 17.7 Å². The van der Waals surface area contributed by atoms with Gasteiger partial charge in [0.1, 0.15) is 17.2 Å². The molecule has 6 rings (SSSR count). The minimum absolute atomic E-state index is 0.0489. The molecule has 0 bridgehead atoms. The summed E-state index contributed by atoms with van der Waals surface area (Å²) >= 11 is 6.25. The number of hydrogen-bond donors (Lipinski definition) is 3. The molecule has 0 spiro atoms. The number of esters is 1. The molecule has 3 N–H and O–H groups in total. The zero-order valence-corrected chi connectivity index (χ0v) is 23.6. The Morgan fingerprint density at radius 1 is 0.976 bits per heavy atom. The van der Waals surface area contributed by atoms with Gasteiger partial charge in [-0.25, -0.2) is 9.18 Å². The number of hydrogen-bond acceptors (Lipinski definition) is 6. The number of carbonyl (C=O) groups excluding carboxylic acids is 2. The minimum Gasteiger partial charge on any atom is -0.475 e. The van der Waals surface area contributed by atoms with Gasteiger partial charge < -0.3 is 25.4 Å². The highest BCUT2D eigenvalue weighted by Gasteiger charge is 2.55. The SMILES string of the molecule is COC(=O)C1(Oc2ccc(NC(=O)C(C3CCCCC3)C3(c4ccc(Cl)cc4)Nc4ccccc4N3)c(F)c2)CC1. The lowest BCUT2D eigenvalue weighted by Crippen LogP contribution is -2.54. The molecule has 1 unspecified atom stereocenters. The fourth-order valence-corrected chi connectivity index (χ4v) is 6.45. The largest absolute Gasteiger partial charge is 0.475 e. The smallest absolute Gasteiger partial charge is 0.350 e. The number of nitrogens with one attached hydrogen (secondary N) is 3. The Morgan fingerprint density at radius 2 is 1.63 bits per heavy atom. The maximum absolute atomic E-state index is 15.4. The Hall–Kier alpha value is -3.78. The monoisotopic (exact) mass is 577 g/mol. The van der Waals surface area contributed by atoms with E-state index in [2.05, 4.69) is 16.0 Å². The minimum atomic E-state index is -1.06. The lowest BCUT2D eigenvalue weighted by atomic mass is 9.71. The summed E-state index contributed by atoms with van der Waals surface area (Å²) in [5.74, 6) is -1.74. The van der Waals surface area contributed by atoms with Gasteiger partial charge in [-0.2, -0.15) is 0 Å².